The number of methoxy groups -OCH3 is 1. The second-order valence-corrected chi connectivity index (χ2v) is 7.50. The summed E-state index contributed by atoms with van der Waals surface area (Å²) in [6.07, 6.45) is 2.91. The number of aromatic nitrogens is 3. The maximum absolute atomic E-state index is 6.49. The maximum atomic E-state index is 6.49. The van der Waals surface area contributed by atoms with Crippen molar-refractivity contribution in [2.75, 3.05) is 25.6 Å². The first kappa shape index (κ1) is 21.0. The fourth-order valence-electron chi connectivity index (χ4n) is 3.29. The van der Waals surface area contributed by atoms with Crippen LogP contribution in [0.3, 0.4) is 0 Å². The highest BCUT2D eigenvalue weighted by Gasteiger charge is 2.10. The summed E-state index contributed by atoms with van der Waals surface area (Å²) in [6.45, 7) is 0.965. The predicted molar refractivity (Wildman–Crippen MR) is 126 cm³/mol. The van der Waals surface area contributed by atoms with Crippen LogP contribution in [0, 0.1) is 0 Å². The Morgan fingerprint density at radius 2 is 1.82 bits per heavy atom. The highest BCUT2D eigenvalue weighted by molar-refractivity contribution is 6.32. The molecule has 0 saturated carbocycles. The fourth-order valence-corrected chi connectivity index (χ4v) is 3.51. The van der Waals surface area contributed by atoms with Gasteiger partial charge < -0.3 is 23.9 Å². The van der Waals surface area contributed by atoms with Crippen molar-refractivity contribution in [3.8, 4) is 17.2 Å². The molecule has 3 aromatic carbocycles. The van der Waals surface area contributed by atoms with E-state index >= 15 is 0 Å². The number of ether oxygens (including phenoxy) is 3. The van der Waals surface area contributed by atoms with Gasteiger partial charge in [0.1, 0.15) is 41.5 Å². The number of nitrogens with one attached hydrogen (secondary N) is 1. The Balaban J connectivity index is 1.36. The Hall–Kier alpha value is -3.88. The molecule has 5 aromatic rings. The Labute approximate surface area is 194 Å². The Morgan fingerprint density at radius 1 is 0.909 bits per heavy atom. The Bertz CT molecular complexity index is 1420. The third-order valence-corrected chi connectivity index (χ3v) is 5.18. The van der Waals surface area contributed by atoms with Crippen molar-refractivity contribution in [2.45, 2.75) is 0 Å². The number of benzene rings is 3. The van der Waals surface area contributed by atoms with Crippen LogP contribution in [0.15, 0.2) is 71.7 Å². The molecule has 0 aliphatic carbocycles. The SMILES string of the molecule is COCCOc1ccc2ncnc(Nc3ccc(Oc4ccc5ocnc5c4)c(Cl)c3)c2c1. The van der Waals surface area contributed by atoms with Gasteiger partial charge in [0, 0.05) is 24.2 Å². The van der Waals surface area contributed by atoms with Crippen LogP contribution in [0.2, 0.25) is 5.02 Å². The zero-order chi connectivity index (χ0) is 22.6. The van der Waals surface area contributed by atoms with Gasteiger partial charge in [0.05, 0.1) is 17.1 Å². The molecule has 0 bridgehead atoms. The Kier molecular flexibility index (Phi) is 5.93. The lowest BCUT2D eigenvalue weighted by Gasteiger charge is -2.12. The fraction of sp³-hybridized carbons (Fsp3) is 0.125. The van der Waals surface area contributed by atoms with E-state index in [1.165, 1.54) is 12.7 Å². The van der Waals surface area contributed by atoms with Crippen LogP contribution in [0.25, 0.3) is 22.0 Å². The monoisotopic (exact) mass is 462 g/mol. The zero-order valence-corrected chi connectivity index (χ0v) is 18.4. The van der Waals surface area contributed by atoms with Crippen LogP contribution in [0.1, 0.15) is 0 Å². The smallest absolute Gasteiger partial charge is 0.181 e. The highest BCUT2D eigenvalue weighted by atomic mass is 35.5. The molecule has 0 radical (unpaired) electrons. The summed E-state index contributed by atoms with van der Waals surface area (Å²) in [6, 6.07) is 16.5. The molecule has 0 amide bonds. The number of nitrogens with zero attached hydrogens (tertiary/aromatic N) is 3. The van der Waals surface area contributed by atoms with E-state index in [0.717, 1.165) is 16.6 Å². The number of oxazole rings is 1. The summed E-state index contributed by atoms with van der Waals surface area (Å²) in [5, 5.41) is 4.57. The molecule has 166 valence electrons. The molecule has 2 aromatic heterocycles. The third kappa shape index (κ3) is 4.67. The summed E-state index contributed by atoms with van der Waals surface area (Å²) in [5.41, 5.74) is 2.95. The molecule has 5 rings (SSSR count). The lowest BCUT2D eigenvalue weighted by molar-refractivity contribution is 0.146. The number of rotatable bonds is 8. The lowest BCUT2D eigenvalue weighted by atomic mass is 10.2. The van der Waals surface area contributed by atoms with Crippen LogP contribution in [0.5, 0.6) is 17.2 Å². The van der Waals surface area contributed by atoms with E-state index in [0.29, 0.717) is 52.4 Å². The van der Waals surface area contributed by atoms with E-state index < -0.39 is 0 Å². The molecular weight excluding hydrogens is 444 g/mol. The second kappa shape index (κ2) is 9.32. The normalized spacial score (nSPS) is 11.1. The molecular formula is C24H19ClN4O4. The molecule has 9 heteroatoms. The van der Waals surface area contributed by atoms with E-state index in [1.807, 2.05) is 24.3 Å². The third-order valence-electron chi connectivity index (χ3n) is 4.89. The minimum atomic E-state index is 0.446. The van der Waals surface area contributed by atoms with Gasteiger partial charge in [-0.2, -0.15) is 0 Å². The van der Waals surface area contributed by atoms with E-state index in [1.54, 1.807) is 37.4 Å². The summed E-state index contributed by atoms with van der Waals surface area (Å²) in [4.78, 5) is 12.9. The van der Waals surface area contributed by atoms with Crippen molar-refractivity contribution in [2.24, 2.45) is 0 Å². The van der Waals surface area contributed by atoms with Crippen LogP contribution in [-0.4, -0.2) is 35.3 Å². The van der Waals surface area contributed by atoms with Gasteiger partial charge >= 0.3 is 0 Å². The quantitative estimate of drug-likeness (QED) is 0.281. The number of fused-ring (bicyclic) bond motifs is 2. The summed E-state index contributed by atoms with van der Waals surface area (Å²) in [5.74, 6) is 2.48. The molecule has 0 spiro atoms. The minimum Gasteiger partial charge on any atom is -0.491 e. The van der Waals surface area contributed by atoms with Gasteiger partial charge in [-0.15, -0.1) is 0 Å². The standard InChI is InChI=1S/C24H19ClN4O4/c1-30-8-9-31-16-3-5-20-18(11-16)24(27-13-26-20)29-15-2-6-22(19(25)10-15)33-17-4-7-23-21(12-17)28-14-32-23/h2-7,10-14H,8-9H2,1H3,(H,26,27,29). The zero-order valence-electron chi connectivity index (χ0n) is 17.6. The molecule has 0 aliphatic heterocycles. The van der Waals surface area contributed by atoms with E-state index in [9.17, 15) is 0 Å². The molecule has 33 heavy (non-hydrogen) atoms. The first-order valence-corrected chi connectivity index (χ1v) is 10.5. The van der Waals surface area contributed by atoms with Crippen LogP contribution < -0.4 is 14.8 Å². The minimum absolute atomic E-state index is 0.446. The summed E-state index contributed by atoms with van der Waals surface area (Å²) in [7, 11) is 1.64. The Morgan fingerprint density at radius 3 is 2.70 bits per heavy atom. The van der Waals surface area contributed by atoms with Gasteiger partial charge in [0.15, 0.2) is 12.0 Å². The number of anilines is 2. The van der Waals surface area contributed by atoms with Gasteiger partial charge in [-0.1, -0.05) is 11.6 Å². The van der Waals surface area contributed by atoms with Crippen molar-refractivity contribution in [1.29, 1.82) is 0 Å². The van der Waals surface area contributed by atoms with E-state index in [-0.39, 0.29) is 0 Å². The molecule has 0 atom stereocenters. The molecule has 2 heterocycles. The maximum Gasteiger partial charge on any atom is 0.181 e. The largest absolute Gasteiger partial charge is 0.491 e. The predicted octanol–water partition coefficient (Wildman–Crippen LogP) is 5.99. The average molecular weight is 463 g/mol. The van der Waals surface area contributed by atoms with E-state index in [2.05, 4.69) is 20.3 Å². The topological polar surface area (TPSA) is 91.5 Å². The van der Waals surface area contributed by atoms with Crippen molar-refractivity contribution in [3.05, 3.63) is 72.3 Å². The summed E-state index contributed by atoms with van der Waals surface area (Å²) < 4.78 is 21.9. The second-order valence-electron chi connectivity index (χ2n) is 7.10. The van der Waals surface area contributed by atoms with Gasteiger partial charge in [-0.25, -0.2) is 15.0 Å². The molecule has 0 fully saturated rings. The molecule has 0 aliphatic rings. The van der Waals surface area contributed by atoms with Gasteiger partial charge in [-0.3, -0.25) is 0 Å². The average Bonchev–Trinajstić information content (AvgIpc) is 3.29. The molecule has 0 unspecified atom stereocenters. The first-order chi connectivity index (χ1) is 16.2. The van der Waals surface area contributed by atoms with Crippen molar-refractivity contribution >= 4 is 45.1 Å². The lowest BCUT2D eigenvalue weighted by Crippen LogP contribution is -2.04. The van der Waals surface area contributed by atoms with Gasteiger partial charge in [0.2, 0.25) is 0 Å². The van der Waals surface area contributed by atoms with Crippen LogP contribution >= 0.6 is 11.6 Å². The first-order valence-electron chi connectivity index (χ1n) is 10.1. The molecule has 0 saturated heterocycles. The molecule has 8 nitrogen and oxygen atoms in total. The summed E-state index contributed by atoms with van der Waals surface area (Å²) >= 11 is 6.49. The number of hydrogen-bond donors (Lipinski definition) is 1. The van der Waals surface area contributed by atoms with Crippen LogP contribution in [-0.2, 0) is 4.74 Å². The van der Waals surface area contributed by atoms with E-state index in [4.69, 9.17) is 30.2 Å². The van der Waals surface area contributed by atoms with Gasteiger partial charge in [0.25, 0.3) is 0 Å². The number of halogens is 1. The van der Waals surface area contributed by atoms with Gasteiger partial charge in [-0.05, 0) is 48.5 Å². The van der Waals surface area contributed by atoms with Crippen molar-refractivity contribution in [1.82, 2.24) is 15.0 Å². The number of hydrogen-bond acceptors (Lipinski definition) is 8. The van der Waals surface area contributed by atoms with Crippen molar-refractivity contribution in [3.63, 3.8) is 0 Å². The van der Waals surface area contributed by atoms with Crippen molar-refractivity contribution < 1.29 is 18.6 Å². The molecule has 1 N–H and O–H groups in total. The highest BCUT2D eigenvalue weighted by Crippen LogP contribution is 2.34. The van der Waals surface area contributed by atoms with Crippen LogP contribution in [0.4, 0.5) is 11.5 Å².